The van der Waals surface area contributed by atoms with E-state index in [9.17, 15) is 23.1 Å². The zero-order chi connectivity index (χ0) is 24.6. The van der Waals surface area contributed by atoms with E-state index in [1.54, 1.807) is 6.07 Å². The molecule has 34 heavy (non-hydrogen) atoms. The number of benzene rings is 2. The molecule has 0 bridgehead atoms. The van der Waals surface area contributed by atoms with Crippen LogP contribution < -0.4 is 5.32 Å². The third-order valence-corrected chi connectivity index (χ3v) is 8.27. The van der Waals surface area contributed by atoms with Crippen molar-refractivity contribution in [2.24, 2.45) is 0 Å². The van der Waals surface area contributed by atoms with E-state index in [2.05, 4.69) is 21.2 Å². The molecular formula is C25H23BrN2O5S. The number of aromatic carboxylic acids is 1. The van der Waals surface area contributed by atoms with Crippen LogP contribution in [0.3, 0.4) is 0 Å². The number of carbonyl (C=O) groups excluding carboxylic acids is 1. The smallest absolute Gasteiger partial charge is 0.337 e. The Bertz CT molecular complexity index is 1370. The van der Waals surface area contributed by atoms with Gasteiger partial charge in [0.15, 0.2) is 0 Å². The van der Waals surface area contributed by atoms with Crippen LogP contribution in [0.4, 0.5) is 5.69 Å². The maximum atomic E-state index is 13.6. The molecule has 0 aromatic heterocycles. The van der Waals surface area contributed by atoms with E-state index in [1.165, 1.54) is 40.7 Å². The fraction of sp³-hybridized carbons (Fsp3) is 0.200. The third-order valence-electron chi connectivity index (χ3n) is 5.85. The van der Waals surface area contributed by atoms with Crippen molar-refractivity contribution in [1.82, 2.24) is 4.31 Å². The first-order valence-corrected chi connectivity index (χ1v) is 12.9. The van der Waals surface area contributed by atoms with Crippen LogP contribution >= 0.6 is 15.9 Å². The Hall–Kier alpha value is -3.17. The van der Waals surface area contributed by atoms with Crippen molar-refractivity contribution in [3.63, 3.8) is 0 Å². The van der Waals surface area contributed by atoms with Gasteiger partial charge in [0.1, 0.15) is 0 Å². The Balaban J connectivity index is 1.60. The lowest BCUT2D eigenvalue weighted by molar-refractivity contribution is 0.0698. The summed E-state index contributed by atoms with van der Waals surface area (Å²) in [5, 5.41) is 12.0. The molecule has 0 radical (unpaired) electrons. The minimum atomic E-state index is -3.84. The lowest BCUT2D eigenvalue weighted by Gasteiger charge is -2.27. The summed E-state index contributed by atoms with van der Waals surface area (Å²) in [6.45, 7) is 3.80. The van der Waals surface area contributed by atoms with Crippen molar-refractivity contribution < 1.29 is 23.1 Å². The number of carboxylic acids is 1. The van der Waals surface area contributed by atoms with Gasteiger partial charge < -0.3 is 10.4 Å². The number of carboxylic acid groups (broad SMARTS) is 1. The van der Waals surface area contributed by atoms with E-state index < -0.39 is 21.9 Å². The van der Waals surface area contributed by atoms with E-state index in [0.717, 1.165) is 16.8 Å². The largest absolute Gasteiger partial charge is 0.478 e. The molecule has 1 atom stereocenters. The number of hydrogen-bond donors (Lipinski definition) is 2. The summed E-state index contributed by atoms with van der Waals surface area (Å²) in [5.74, 6) is -1.72. The van der Waals surface area contributed by atoms with Crippen LogP contribution in [-0.4, -0.2) is 35.7 Å². The van der Waals surface area contributed by atoms with Gasteiger partial charge in [-0.15, -0.1) is 0 Å². The SMILES string of the molecule is CC1=CC=CCC2=C1N(S(=O)(=O)c1ccc(C(=O)Nc3ccc(Br)cc3C(=O)O)cc1)C(C)C2. The summed E-state index contributed by atoms with van der Waals surface area (Å²) in [5.41, 5.74) is 3.04. The fourth-order valence-corrected chi connectivity index (χ4v) is 6.42. The lowest BCUT2D eigenvalue weighted by Crippen LogP contribution is -2.34. The van der Waals surface area contributed by atoms with Crippen molar-refractivity contribution in [2.75, 3.05) is 5.32 Å². The maximum absolute atomic E-state index is 13.6. The van der Waals surface area contributed by atoms with E-state index in [-0.39, 0.29) is 27.8 Å². The Morgan fingerprint density at radius 1 is 1.15 bits per heavy atom. The Kier molecular flexibility index (Phi) is 6.51. The predicted octanol–water partition coefficient (Wildman–Crippen LogP) is 5.34. The molecule has 1 amide bonds. The minimum absolute atomic E-state index is 0.0599. The molecule has 1 aliphatic carbocycles. The molecule has 1 heterocycles. The molecule has 1 unspecified atom stereocenters. The van der Waals surface area contributed by atoms with Crippen LogP contribution in [0.25, 0.3) is 0 Å². The molecule has 0 saturated heterocycles. The number of carbonyl (C=O) groups is 2. The molecule has 2 aromatic rings. The molecule has 7 nitrogen and oxygen atoms in total. The van der Waals surface area contributed by atoms with Gasteiger partial charge in [-0.1, -0.05) is 34.2 Å². The quantitative estimate of drug-likeness (QED) is 0.530. The maximum Gasteiger partial charge on any atom is 0.337 e. The van der Waals surface area contributed by atoms with Crippen LogP contribution in [0.15, 0.2) is 86.9 Å². The number of nitrogens with one attached hydrogen (secondary N) is 1. The zero-order valence-corrected chi connectivity index (χ0v) is 21.0. The normalized spacial score (nSPS) is 17.8. The minimum Gasteiger partial charge on any atom is -0.478 e. The average molecular weight is 543 g/mol. The summed E-state index contributed by atoms with van der Waals surface area (Å²) in [7, 11) is -3.84. The van der Waals surface area contributed by atoms with Crippen LogP contribution in [0.1, 0.15) is 47.4 Å². The van der Waals surface area contributed by atoms with Crippen molar-refractivity contribution >= 4 is 43.5 Å². The summed E-state index contributed by atoms with van der Waals surface area (Å²) in [4.78, 5) is 24.3. The standard InChI is InChI=1S/C25H23BrN2O5S/c1-15-5-3-4-6-18-13-16(2)28(23(15)18)34(32,33)20-10-7-17(8-11-20)24(29)27-22-12-9-19(26)14-21(22)25(30)31/h3-5,7-12,14,16H,6,13H2,1-2H3,(H,27,29)(H,30,31). The highest BCUT2D eigenvalue weighted by molar-refractivity contribution is 9.10. The number of amides is 1. The average Bonchev–Trinajstić information content (AvgIpc) is 3.04. The summed E-state index contributed by atoms with van der Waals surface area (Å²) in [6.07, 6.45) is 7.28. The van der Waals surface area contributed by atoms with Crippen LogP contribution in [0.2, 0.25) is 0 Å². The molecule has 2 N–H and O–H groups in total. The van der Waals surface area contributed by atoms with E-state index in [0.29, 0.717) is 17.3 Å². The first-order chi connectivity index (χ1) is 16.1. The second-order valence-corrected chi connectivity index (χ2v) is 11.0. The fourth-order valence-electron chi connectivity index (χ4n) is 4.29. The van der Waals surface area contributed by atoms with Gasteiger partial charge in [-0.25, -0.2) is 13.2 Å². The van der Waals surface area contributed by atoms with E-state index in [1.807, 2.05) is 32.1 Å². The van der Waals surface area contributed by atoms with Gasteiger partial charge in [-0.2, -0.15) is 0 Å². The summed E-state index contributed by atoms with van der Waals surface area (Å²) < 4.78 is 29.2. The molecule has 9 heteroatoms. The molecule has 1 aliphatic heterocycles. The third kappa shape index (κ3) is 4.45. The highest BCUT2D eigenvalue weighted by Gasteiger charge is 2.38. The number of nitrogens with zero attached hydrogens (tertiary/aromatic N) is 1. The topological polar surface area (TPSA) is 104 Å². The number of rotatable bonds is 5. The first kappa shape index (κ1) is 24.0. The predicted molar refractivity (Wildman–Crippen MR) is 133 cm³/mol. The van der Waals surface area contributed by atoms with Gasteiger partial charge in [0.25, 0.3) is 15.9 Å². The highest BCUT2D eigenvalue weighted by Crippen LogP contribution is 2.40. The first-order valence-electron chi connectivity index (χ1n) is 10.6. The molecule has 2 aliphatic rings. The van der Waals surface area contributed by atoms with Crippen LogP contribution in [-0.2, 0) is 10.0 Å². The molecule has 0 saturated carbocycles. The molecule has 2 aromatic carbocycles. The monoisotopic (exact) mass is 542 g/mol. The summed E-state index contributed by atoms with van der Waals surface area (Å²) in [6, 6.07) is 9.96. The highest BCUT2D eigenvalue weighted by atomic mass is 79.9. The molecule has 176 valence electrons. The van der Waals surface area contributed by atoms with Gasteiger partial charge in [0.05, 0.1) is 21.8 Å². The van der Waals surface area contributed by atoms with Gasteiger partial charge in [0, 0.05) is 16.1 Å². The number of anilines is 1. The number of sulfonamides is 1. The van der Waals surface area contributed by atoms with Gasteiger partial charge in [-0.05, 0) is 80.3 Å². The van der Waals surface area contributed by atoms with Crippen LogP contribution in [0.5, 0.6) is 0 Å². The Morgan fingerprint density at radius 3 is 2.53 bits per heavy atom. The Morgan fingerprint density at radius 2 is 1.85 bits per heavy atom. The Labute approximate surface area is 206 Å². The number of hydrogen-bond acceptors (Lipinski definition) is 4. The molecule has 4 rings (SSSR count). The van der Waals surface area contributed by atoms with Crippen molar-refractivity contribution in [3.05, 3.63) is 93.1 Å². The van der Waals surface area contributed by atoms with Crippen molar-refractivity contribution in [3.8, 4) is 0 Å². The second-order valence-electron chi connectivity index (χ2n) is 8.26. The molecular weight excluding hydrogens is 520 g/mol. The van der Waals surface area contributed by atoms with Gasteiger partial charge >= 0.3 is 5.97 Å². The number of halogens is 1. The second kappa shape index (κ2) is 9.23. The van der Waals surface area contributed by atoms with Crippen LogP contribution in [0, 0.1) is 0 Å². The van der Waals surface area contributed by atoms with Gasteiger partial charge in [0.2, 0.25) is 0 Å². The van der Waals surface area contributed by atoms with Gasteiger partial charge in [-0.3, -0.25) is 9.10 Å². The lowest BCUT2D eigenvalue weighted by atomic mass is 10.1. The van der Waals surface area contributed by atoms with Crippen molar-refractivity contribution in [2.45, 2.75) is 37.6 Å². The summed E-state index contributed by atoms with van der Waals surface area (Å²) >= 11 is 3.22. The van der Waals surface area contributed by atoms with E-state index in [4.69, 9.17) is 0 Å². The molecule has 0 spiro atoms. The molecule has 0 fully saturated rings. The van der Waals surface area contributed by atoms with Crippen molar-refractivity contribution in [1.29, 1.82) is 0 Å². The van der Waals surface area contributed by atoms with E-state index >= 15 is 0 Å². The number of allylic oxidation sites excluding steroid dienone is 4. The zero-order valence-electron chi connectivity index (χ0n) is 18.6.